The van der Waals surface area contributed by atoms with Crippen LogP contribution in [0.2, 0.25) is 5.02 Å². The number of nitrogens with zero attached hydrogens (tertiary/aromatic N) is 1. The predicted molar refractivity (Wildman–Crippen MR) is 102 cm³/mol. The molecule has 0 amide bonds. The Kier molecular flexibility index (Phi) is 6.81. The van der Waals surface area contributed by atoms with Crippen molar-refractivity contribution in [2.45, 2.75) is 31.8 Å². The summed E-state index contributed by atoms with van der Waals surface area (Å²) in [5, 5.41) is 0.147. The number of rotatable bonds is 7. The highest BCUT2D eigenvalue weighted by Crippen LogP contribution is 2.26. The summed E-state index contributed by atoms with van der Waals surface area (Å²) >= 11 is 6.11. The van der Waals surface area contributed by atoms with Gasteiger partial charge in [0.15, 0.2) is 0 Å². The number of halogens is 1. The second-order valence-corrected chi connectivity index (χ2v) is 8.03. The Balaban J connectivity index is 2.31. The molecule has 7 heteroatoms. The third-order valence-corrected chi connectivity index (χ3v) is 6.43. The van der Waals surface area contributed by atoms with E-state index in [9.17, 15) is 13.2 Å². The van der Waals surface area contributed by atoms with Crippen LogP contribution in [0.25, 0.3) is 0 Å². The minimum Gasteiger partial charge on any atom is -0.454 e. The summed E-state index contributed by atoms with van der Waals surface area (Å²) in [5.74, 6) is -0.664. The largest absolute Gasteiger partial charge is 0.454 e. The summed E-state index contributed by atoms with van der Waals surface area (Å²) in [6.45, 7) is 5.94. The van der Waals surface area contributed by atoms with E-state index in [1.807, 2.05) is 30.3 Å². The van der Waals surface area contributed by atoms with E-state index in [1.165, 1.54) is 22.5 Å². The number of hydrogen-bond acceptors (Lipinski definition) is 4. The van der Waals surface area contributed by atoms with Crippen molar-refractivity contribution in [1.82, 2.24) is 4.31 Å². The highest BCUT2D eigenvalue weighted by molar-refractivity contribution is 7.89. The quantitative estimate of drug-likeness (QED) is 0.656. The van der Waals surface area contributed by atoms with Gasteiger partial charge in [-0.3, -0.25) is 0 Å². The van der Waals surface area contributed by atoms with Crippen molar-refractivity contribution in [3.63, 3.8) is 0 Å². The molecule has 0 aliphatic heterocycles. The monoisotopic (exact) mass is 395 g/mol. The van der Waals surface area contributed by atoms with E-state index in [1.54, 1.807) is 20.8 Å². The summed E-state index contributed by atoms with van der Waals surface area (Å²) in [4.78, 5) is 12.5. The molecule has 0 N–H and O–H groups in total. The molecule has 0 saturated carbocycles. The van der Waals surface area contributed by atoms with Crippen molar-refractivity contribution in [3.8, 4) is 0 Å². The number of sulfonamides is 1. The zero-order valence-electron chi connectivity index (χ0n) is 15.0. The number of carbonyl (C=O) groups is 1. The fraction of sp³-hybridized carbons (Fsp3) is 0.316. The first-order chi connectivity index (χ1) is 12.3. The lowest BCUT2D eigenvalue weighted by molar-refractivity contribution is 0.0338. The molecular weight excluding hydrogens is 374 g/mol. The zero-order chi connectivity index (χ0) is 19.3. The van der Waals surface area contributed by atoms with Crippen LogP contribution in [0.4, 0.5) is 0 Å². The molecular formula is C19H22ClNO4S. The van der Waals surface area contributed by atoms with Crippen LogP contribution in [0.1, 0.15) is 42.8 Å². The van der Waals surface area contributed by atoms with Crippen LogP contribution in [-0.2, 0) is 14.8 Å². The van der Waals surface area contributed by atoms with Gasteiger partial charge in [-0.2, -0.15) is 4.31 Å². The molecule has 0 heterocycles. The van der Waals surface area contributed by atoms with Crippen molar-refractivity contribution < 1.29 is 17.9 Å². The fourth-order valence-corrected chi connectivity index (χ4v) is 4.23. The molecule has 26 heavy (non-hydrogen) atoms. The van der Waals surface area contributed by atoms with Gasteiger partial charge in [0.2, 0.25) is 10.0 Å². The van der Waals surface area contributed by atoms with Crippen LogP contribution in [0.3, 0.4) is 0 Å². The van der Waals surface area contributed by atoms with E-state index >= 15 is 0 Å². The van der Waals surface area contributed by atoms with Crippen LogP contribution < -0.4 is 0 Å². The maximum absolute atomic E-state index is 12.7. The van der Waals surface area contributed by atoms with Gasteiger partial charge in [0.1, 0.15) is 6.10 Å². The average Bonchev–Trinajstić information content (AvgIpc) is 2.63. The van der Waals surface area contributed by atoms with Crippen molar-refractivity contribution in [2.24, 2.45) is 0 Å². The normalized spacial score (nSPS) is 12.8. The molecule has 1 unspecified atom stereocenters. The van der Waals surface area contributed by atoms with Gasteiger partial charge in [-0.25, -0.2) is 13.2 Å². The van der Waals surface area contributed by atoms with Crippen molar-refractivity contribution >= 4 is 27.6 Å². The second-order valence-electron chi connectivity index (χ2n) is 5.69. The maximum Gasteiger partial charge on any atom is 0.340 e. The van der Waals surface area contributed by atoms with E-state index in [0.717, 1.165) is 5.56 Å². The Labute approximate surface area is 159 Å². The molecule has 0 radical (unpaired) electrons. The van der Waals surface area contributed by atoms with E-state index in [0.29, 0.717) is 13.1 Å². The van der Waals surface area contributed by atoms with Gasteiger partial charge in [0.05, 0.1) is 15.5 Å². The molecule has 0 aliphatic carbocycles. The predicted octanol–water partition coefficient (Wildman–Crippen LogP) is 4.29. The van der Waals surface area contributed by atoms with E-state index < -0.39 is 22.1 Å². The minimum atomic E-state index is -3.69. The molecule has 0 aliphatic rings. The molecule has 0 fully saturated rings. The first-order valence-electron chi connectivity index (χ1n) is 8.36. The number of ether oxygens (including phenoxy) is 1. The van der Waals surface area contributed by atoms with Crippen molar-refractivity contribution in [3.05, 3.63) is 64.7 Å². The summed E-state index contributed by atoms with van der Waals surface area (Å²) in [6, 6.07) is 13.3. The molecule has 0 saturated heterocycles. The van der Waals surface area contributed by atoms with E-state index in [4.69, 9.17) is 16.3 Å². The Morgan fingerprint density at radius 3 is 2.31 bits per heavy atom. The fourth-order valence-electron chi connectivity index (χ4n) is 2.55. The van der Waals surface area contributed by atoms with Gasteiger partial charge < -0.3 is 4.74 Å². The van der Waals surface area contributed by atoms with E-state index in [2.05, 4.69) is 0 Å². The first kappa shape index (κ1) is 20.4. The summed E-state index contributed by atoms with van der Waals surface area (Å²) in [6.07, 6.45) is -0.484. The Bertz CT molecular complexity index is 864. The smallest absolute Gasteiger partial charge is 0.340 e. The summed E-state index contributed by atoms with van der Waals surface area (Å²) in [7, 11) is -3.69. The van der Waals surface area contributed by atoms with Gasteiger partial charge in [-0.15, -0.1) is 0 Å². The first-order valence-corrected chi connectivity index (χ1v) is 10.2. The third kappa shape index (κ3) is 4.44. The zero-order valence-corrected chi connectivity index (χ0v) is 16.5. The molecule has 0 bridgehead atoms. The molecule has 2 rings (SSSR count). The van der Waals surface area contributed by atoms with Gasteiger partial charge in [0, 0.05) is 13.1 Å². The van der Waals surface area contributed by atoms with Gasteiger partial charge in [0.25, 0.3) is 0 Å². The van der Waals surface area contributed by atoms with Crippen LogP contribution >= 0.6 is 11.6 Å². The minimum absolute atomic E-state index is 0.0184. The third-order valence-electron chi connectivity index (χ3n) is 4.05. The second kappa shape index (κ2) is 8.66. The average molecular weight is 396 g/mol. The Hall–Kier alpha value is -1.89. The highest BCUT2D eigenvalue weighted by atomic mass is 35.5. The highest BCUT2D eigenvalue weighted by Gasteiger charge is 2.25. The summed E-state index contributed by atoms with van der Waals surface area (Å²) in [5.41, 5.74) is 0.867. The number of benzene rings is 2. The topological polar surface area (TPSA) is 63.7 Å². The molecule has 140 valence electrons. The molecule has 0 spiro atoms. The molecule has 1 atom stereocenters. The van der Waals surface area contributed by atoms with Crippen molar-refractivity contribution in [2.75, 3.05) is 13.1 Å². The Morgan fingerprint density at radius 1 is 1.12 bits per heavy atom. The molecule has 0 aromatic heterocycles. The van der Waals surface area contributed by atoms with Crippen LogP contribution in [0.5, 0.6) is 0 Å². The molecule has 5 nitrogen and oxygen atoms in total. The standard InChI is InChI=1S/C19H22ClNO4S/c1-4-21(5-2)26(23,24)16-11-12-18(20)17(13-16)19(22)25-14(3)15-9-7-6-8-10-15/h6-14H,4-5H2,1-3H3. The lowest BCUT2D eigenvalue weighted by Gasteiger charge is -2.19. The lowest BCUT2D eigenvalue weighted by Crippen LogP contribution is -2.30. The SMILES string of the molecule is CCN(CC)S(=O)(=O)c1ccc(Cl)c(C(=O)OC(C)c2ccccc2)c1. The number of esters is 1. The van der Waals surface area contributed by atoms with Gasteiger partial charge in [-0.05, 0) is 30.7 Å². The molecule has 2 aromatic rings. The van der Waals surface area contributed by atoms with Crippen LogP contribution in [-0.4, -0.2) is 31.8 Å². The van der Waals surface area contributed by atoms with Gasteiger partial charge >= 0.3 is 5.97 Å². The maximum atomic E-state index is 12.7. The van der Waals surface area contributed by atoms with Gasteiger partial charge in [-0.1, -0.05) is 55.8 Å². The number of carbonyl (C=O) groups excluding carboxylic acids is 1. The van der Waals surface area contributed by atoms with Crippen molar-refractivity contribution in [1.29, 1.82) is 0 Å². The van der Waals surface area contributed by atoms with Crippen LogP contribution in [0.15, 0.2) is 53.4 Å². The molecule has 2 aromatic carbocycles. The summed E-state index contributed by atoms with van der Waals surface area (Å²) < 4.78 is 32.1. The van der Waals surface area contributed by atoms with Crippen LogP contribution in [0, 0.1) is 0 Å². The number of hydrogen-bond donors (Lipinski definition) is 0. The van der Waals surface area contributed by atoms with E-state index in [-0.39, 0.29) is 15.5 Å². The lowest BCUT2D eigenvalue weighted by atomic mass is 10.1. The Morgan fingerprint density at radius 2 is 1.73 bits per heavy atom.